The predicted molar refractivity (Wildman–Crippen MR) is 130 cm³/mol. The zero-order valence-electron chi connectivity index (χ0n) is 19.4. The van der Waals surface area contributed by atoms with Crippen LogP contribution in [0, 0.1) is 0 Å². The lowest BCUT2D eigenvalue weighted by atomic mass is 10.2. The van der Waals surface area contributed by atoms with Crippen LogP contribution in [-0.2, 0) is 22.6 Å². The van der Waals surface area contributed by atoms with Gasteiger partial charge in [-0.2, -0.15) is 0 Å². The third kappa shape index (κ3) is 5.96. The predicted octanol–water partition coefficient (Wildman–Crippen LogP) is 4.72. The molecule has 2 aromatic carbocycles. The summed E-state index contributed by atoms with van der Waals surface area (Å²) in [7, 11) is 0. The maximum Gasteiger partial charge on any atom is 0.247 e. The molecule has 0 radical (unpaired) electrons. The van der Waals surface area contributed by atoms with E-state index in [9.17, 15) is 9.59 Å². The zero-order valence-corrected chi connectivity index (χ0v) is 19.4. The summed E-state index contributed by atoms with van der Waals surface area (Å²) >= 11 is 0. The second kappa shape index (κ2) is 11.5. The summed E-state index contributed by atoms with van der Waals surface area (Å²) in [6, 6.07) is 17.9. The highest BCUT2D eigenvalue weighted by Crippen LogP contribution is 2.21. The van der Waals surface area contributed by atoms with Gasteiger partial charge in [0.2, 0.25) is 11.8 Å². The van der Waals surface area contributed by atoms with Crippen LogP contribution in [0.5, 0.6) is 0 Å². The van der Waals surface area contributed by atoms with Crippen molar-refractivity contribution < 1.29 is 9.59 Å². The minimum Gasteiger partial charge on any atom is -0.356 e. The molecular formula is C26H34N4O2. The first-order valence-electron chi connectivity index (χ1n) is 11.6. The second-order valence-electron chi connectivity index (χ2n) is 8.31. The summed E-state index contributed by atoms with van der Waals surface area (Å²) in [5, 5.41) is 2.92. The van der Waals surface area contributed by atoms with Gasteiger partial charge in [0.05, 0.1) is 11.0 Å². The van der Waals surface area contributed by atoms with Crippen molar-refractivity contribution in [2.24, 2.45) is 0 Å². The lowest BCUT2D eigenvalue weighted by Gasteiger charge is -2.27. The summed E-state index contributed by atoms with van der Waals surface area (Å²) in [5.41, 5.74) is 2.82. The van der Waals surface area contributed by atoms with Gasteiger partial charge in [-0.05, 0) is 51.0 Å². The van der Waals surface area contributed by atoms with Crippen molar-refractivity contribution >= 4 is 28.5 Å². The van der Waals surface area contributed by atoms with E-state index in [0.29, 0.717) is 13.0 Å². The highest BCUT2D eigenvalue weighted by atomic mass is 16.2. The highest BCUT2D eigenvalue weighted by Gasteiger charge is 2.21. The van der Waals surface area contributed by atoms with Gasteiger partial charge in [0.1, 0.15) is 12.4 Å². The quantitative estimate of drug-likeness (QED) is 0.444. The summed E-state index contributed by atoms with van der Waals surface area (Å²) in [4.78, 5) is 31.4. The monoisotopic (exact) mass is 434 g/mol. The SMILES string of the molecule is CCC(=O)NCCCCCc1nc2ccccc2n1CC(=O)N(c1ccccc1)C(C)C. The number of nitrogens with zero attached hydrogens (tertiary/aromatic N) is 3. The Balaban J connectivity index is 1.72. The number of hydrogen-bond acceptors (Lipinski definition) is 3. The fourth-order valence-corrected chi connectivity index (χ4v) is 3.96. The number of amides is 2. The largest absolute Gasteiger partial charge is 0.356 e. The van der Waals surface area contributed by atoms with Crippen LogP contribution in [0.2, 0.25) is 0 Å². The van der Waals surface area contributed by atoms with Crippen LogP contribution in [0.25, 0.3) is 11.0 Å². The maximum atomic E-state index is 13.4. The molecule has 0 aliphatic heterocycles. The summed E-state index contributed by atoms with van der Waals surface area (Å²) in [5.74, 6) is 1.09. The normalized spacial score (nSPS) is 11.1. The van der Waals surface area contributed by atoms with Crippen molar-refractivity contribution in [1.29, 1.82) is 0 Å². The fourth-order valence-electron chi connectivity index (χ4n) is 3.96. The molecule has 1 aromatic heterocycles. The van der Waals surface area contributed by atoms with Crippen LogP contribution in [0.3, 0.4) is 0 Å². The van der Waals surface area contributed by atoms with E-state index in [0.717, 1.165) is 48.2 Å². The number of nitrogens with one attached hydrogen (secondary N) is 1. The molecule has 1 heterocycles. The third-order valence-electron chi connectivity index (χ3n) is 5.57. The van der Waals surface area contributed by atoms with Gasteiger partial charge in [0, 0.05) is 31.1 Å². The molecular weight excluding hydrogens is 400 g/mol. The molecule has 3 rings (SSSR count). The van der Waals surface area contributed by atoms with E-state index >= 15 is 0 Å². The van der Waals surface area contributed by atoms with Gasteiger partial charge in [0.15, 0.2) is 0 Å². The smallest absolute Gasteiger partial charge is 0.247 e. The van der Waals surface area contributed by atoms with E-state index in [-0.39, 0.29) is 24.4 Å². The number of carbonyl (C=O) groups is 2. The molecule has 170 valence electrons. The van der Waals surface area contributed by atoms with Crippen molar-refractivity contribution in [2.75, 3.05) is 11.4 Å². The minimum absolute atomic E-state index is 0.0536. The third-order valence-corrected chi connectivity index (χ3v) is 5.57. The number of imidazole rings is 1. The Labute approximate surface area is 190 Å². The van der Waals surface area contributed by atoms with Gasteiger partial charge in [0.25, 0.3) is 0 Å². The average molecular weight is 435 g/mol. The molecule has 0 saturated carbocycles. The molecule has 0 aliphatic carbocycles. The van der Waals surface area contributed by atoms with Crippen molar-refractivity contribution in [1.82, 2.24) is 14.9 Å². The minimum atomic E-state index is 0.0536. The topological polar surface area (TPSA) is 67.2 Å². The van der Waals surface area contributed by atoms with Crippen molar-refractivity contribution in [3.8, 4) is 0 Å². The molecule has 0 atom stereocenters. The number of anilines is 1. The Kier molecular flexibility index (Phi) is 8.42. The van der Waals surface area contributed by atoms with E-state index in [4.69, 9.17) is 4.98 Å². The standard InChI is InChI=1S/C26H34N4O2/c1-4-25(31)27-18-12-6-9-17-24-28-22-15-10-11-16-23(22)29(24)19-26(32)30(20(2)3)21-13-7-5-8-14-21/h5,7-8,10-11,13-16,20H,4,6,9,12,17-19H2,1-3H3,(H,27,31). The van der Waals surface area contributed by atoms with Gasteiger partial charge in [-0.25, -0.2) is 4.98 Å². The van der Waals surface area contributed by atoms with E-state index in [1.807, 2.05) is 80.3 Å². The molecule has 32 heavy (non-hydrogen) atoms. The van der Waals surface area contributed by atoms with Crippen LogP contribution in [0.15, 0.2) is 54.6 Å². The number of benzene rings is 2. The molecule has 0 unspecified atom stereocenters. The lowest BCUT2D eigenvalue weighted by Crippen LogP contribution is -2.39. The second-order valence-corrected chi connectivity index (χ2v) is 8.31. The molecule has 6 heteroatoms. The summed E-state index contributed by atoms with van der Waals surface area (Å²) in [6.45, 7) is 6.90. The Hall–Kier alpha value is -3.15. The molecule has 0 bridgehead atoms. The molecule has 3 aromatic rings. The molecule has 0 saturated heterocycles. The van der Waals surface area contributed by atoms with Gasteiger partial charge >= 0.3 is 0 Å². The van der Waals surface area contributed by atoms with Gasteiger partial charge in [-0.15, -0.1) is 0 Å². The zero-order chi connectivity index (χ0) is 22.9. The number of aryl methyl sites for hydroxylation is 1. The van der Waals surface area contributed by atoms with Crippen LogP contribution in [0.4, 0.5) is 5.69 Å². The van der Waals surface area contributed by atoms with Gasteiger partial charge in [-0.3, -0.25) is 9.59 Å². The highest BCUT2D eigenvalue weighted by molar-refractivity contribution is 5.94. The number of unbranched alkanes of at least 4 members (excludes halogenated alkanes) is 2. The molecule has 1 N–H and O–H groups in total. The number of para-hydroxylation sites is 3. The van der Waals surface area contributed by atoms with E-state index in [1.165, 1.54) is 0 Å². The molecule has 0 fully saturated rings. The van der Waals surface area contributed by atoms with Crippen molar-refractivity contribution in [3.63, 3.8) is 0 Å². The number of rotatable bonds is 11. The van der Waals surface area contributed by atoms with Crippen molar-refractivity contribution in [3.05, 3.63) is 60.4 Å². The molecule has 2 amide bonds. The fraction of sp³-hybridized carbons (Fsp3) is 0.423. The van der Waals surface area contributed by atoms with Crippen LogP contribution in [0.1, 0.15) is 52.3 Å². The number of carbonyl (C=O) groups excluding carboxylic acids is 2. The number of fused-ring (bicyclic) bond motifs is 1. The first-order valence-corrected chi connectivity index (χ1v) is 11.6. The van der Waals surface area contributed by atoms with Gasteiger partial charge < -0.3 is 14.8 Å². The molecule has 0 spiro atoms. The first-order chi connectivity index (χ1) is 15.5. The van der Waals surface area contributed by atoms with E-state index in [2.05, 4.69) is 9.88 Å². The molecule has 0 aliphatic rings. The van der Waals surface area contributed by atoms with Crippen LogP contribution in [-0.4, -0.2) is 34.0 Å². The lowest BCUT2D eigenvalue weighted by molar-refractivity contribution is -0.121. The average Bonchev–Trinajstić information content (AvgIpc) is 3.13. The Morgan fingerprint density at radius 1 is 1.00 bits per heavy atom. The number of hydrogen-bond donors (Lipinski definition) is 1. The maximum absolute atomic E-state index is 13.4. The first kappa shape index (κ1) is 23.5. The van der Waals surface area contributed by atoms with Gasteiger partial charge in [-0.1, -0.05) is 43.7 Å². The van der Waals surface area contributed by atoms with Crippen molar-refractivity contribution in [2.45, 2.75) is 65.5 Å². The summed E-state index contributed by atoms with van der Waals surface area (Å²) in [6.07, 6.45) is 4.24. The Morgan fingerprint density at radius 3 is 2.44 bits per heavy atom. The Bertz CT molecular complexity index is 1030. The summed E-state index contributed by atoms with van der Waals surface area (Å²) < 4.78 is 2.06. The van der Waals surface area contributed by atoms with Crippen LogP contribution >= 0.6 is 0 Å². The van der Waals surface area contributed by atoms with Crippen LogP contribution < -0.4 is 10.2 Å². The van der Waals surface area contributed by atoms with E-state index in [1.54, 1.807) is 0 Å². The number of aromatic nitrogens is 2. The Morgan fingerprint density at radius 2 is 1.72 bits per heavy atom. The molecule has 6 nitrogen and oxygen atoms in total. The van der Waals surface area contributed by atoms with E-state index < -0.39 is 0 Å².